The summed E-state index contributed by atoms with van der Waals surface area (Å²) in [6.45, 7) is 5.02. The standard InChI is InChI=1S/C25H32N6OS/c1-17(2)16-31-22(26)21(24(33)30(5)25(31)32)23(28-19-9-7-6-8-10-19)27-15-18-11-13-20(14-12-18)29(3)4/h6-14,17,26-28H,15-16H2,1-5H3/b23-21-,26-22?. The molecule has 1 fully saturated rings. The summed E-state index contributed by atoms with van der Waals surface area (Å²) < 4.78 is 0. The number of rotatable bonds is 8. The number of benzene rings is 2. The molecule has 0 aromatic heterocycles. The van der Waals surface area contributed by atoms with Crippen LogP contribution < -0.4 is 15.5 Å². The minimum absolute atomic E-state index is 0.102. The summed E-state index contributed by atoms with van der Waals surface area (Å²) in [5.74, 6) is 0.913. The van der Waals surface area contributed by atoms with Crippen LogP contribution in [-0.4, -0.2) is 54.3 Å². The summed E-state index contributed by atoms with van der Waals surface area (Å²) >= 11 is 5.63. The smallest absolute Gasteiger partial charge is 0.330 e. The molecule has 0 bridgehead atoms. The van der Waals surface area contributed by atoms with Gasteiger partial charge in [-0.15, -0.1) is 0 Å². The summed E-state index contributed by atoms with van der Waals surface area (Å²) in [6.07, 6.45) is 0. The van der Waals surface area contributed by atoms with Crippen LogP contribution in [0.1, 0.15) is 19.4 Å². The average Bonchev–Trinajstić information content (AvgIpc) is 2.79. The van der Waals surface area contributed by atoms with Crippen molar-refractivity contribution in [2.75, 3.05) is 37.9 Å². The van der Waals surface area contributed by atoms with E-state index in [1.807, 2.05) is 58.3 Å². The maximum absolute atomic E-state index is 12.8. The normalized spacial score (nSPS) is 15.8. The molecular weight excluding hydrogens is 432 g/mol. The number of anilines is 2. The van der Waals surface area contributed by atoms with Crippen LogP contribution in [0.2, 0.25) is 0 Å². The molecule has 1 aliphatic rings. The van der Waals surface area contributed by atoms with Crippen molar-refractivity contribution in [2.24, 2.45) is 5.92 Å². The second-order valence-electron chi connectivity index (χ2n) is 8.66. The number of urea groups is 1. The number of thiocarbonyl (C=S) groups is 1. The molecule has 3 rings (SSSR count). The van der Waals surface area contributed by atoms with Crippen LogP contribution >= 0.6 is 12.2 Å². The van der Waals surface area contributed by atoms with E-state index in [-0.39, 0.29) is 17.8 Å². The first-order valence-electron chi connectivity index (χ1n) is 10.9. The van der Waals surface area contributed by atoms with Gasteiger partial charge < -0.3 is 15.5 Å². The van der Waals surface area contributed by atoms with Crippen LogP contribution in [-0.2, 0) is 6.54 Å². The van der Waals surface area contributed by atoms with Gasteiger partial charge in [-0.2, -0.15) is 0 Å². The number of amides is 2. The number of amidine groups is 1. The van der Waals surface area contributed by atoms with Crippen molar-refractivity contribution in [1.82, 2.24) is 15.1 Å². The summed E-state index contributed by atoms with van der Waals surface area (Å²) in [6, 6.07) is 17.7. The number of likely N-dealkylation sites (N-methyl/N-ethyl adjacent to an activating group) is 1. The summed E-state index contributed by atoms with van der Waals surface area (Å²) in [5.41, 5.74) is 3.58. The van der Waals surface area contributed by atoms with Crippen LogP contribution in [0.25, 0.3) is 0 Å². The minimum Gasteiger partial charge on any atom is -0.378 e. The number of para-hydroxylation sites is 1. The number of nitrogens with zero attached hydrogens (tertiary/aromatic N) is 3. The maximum atomic E-state index is 12.8. The van der Waals surface area contributed by atoms with Crippen molar-refractivity contribution in [2.45, 2.75) is 20.4 Å². The molecule has 0 saturated carbocycles. The maximum Gasteiger partial charge on any atom is 0.330 e. The fourth-order valence-electron chi connectivity index (χ4n) is 3.49. The predicted molar refractivity (Wildman–Crippen MR) is 140 cm³/mol. The van der Waals surface area contributed by atoms with Gasteiger partial charge in [0.25, 0.3) is 0 Å². The van der Waals surface area contributed by atoms with Gasteiger partial charge in [-0.05, 0) is 35.7 Å². The van der Waals surface area contributed by atoms with Crippen molar-refractivity contribution in [3.8, 4) is 0 Å². The molecule has 8 heteroatoms. The van der Waals surface area contributed by atoms with Gasteiger partial charge in [-0.3, -0.25) is 15.2 Å². The second kappa shape index (κ2) is 10.5. The van der Waals surface area contributed by atoms with Gasteiger partial charge in [0.1, 0.15) is 16.6 Å². The van der Waals surface area contributed by atoms with E-state index >= 15 is 0 Å². The van der Waals surface area contributed by atoms with Crippen molar-refractivity contribution >= 4 is 40.4 Å². The van der Waals surface area contributed by atoms with E-state index in [2.05, 4.69) is 39.8 Å². The van der Waals surface area contributed by atoms with E-state index in [0.717, 1.165) is 16.9 Å². The first-order valence-corrected chi connectivity index (χ1v) is 11.3. The Kier molecular flexibility index (Phi) is 7.71. The third kappa shape index (κ3) is 5.70. The van der Waals surface area contributed by atoms with E-state index in [0.29, 0.717) is 29.5 Å². The lowest BCUT2D eigenvalue weighted by atomic mass is 10.1. The number of carbonyl (C=O) groups excluding carboxylic acids is 1. The Morgan fingerprint density at radius 3 is 2.30 bits per heavy atom. The van der Waals surface area contributed by atoms with E-state index in [1.165, 1.54) is 9.80 Å². The average molecular weight is 465 g/mol. The third-order valence-electron chi connectivity index (χ3n) is 5.31. The Hall–Kier alpha value is -3.39. The highest BCUT2D eigenvalue weighted by molar-refractivity contribution is 7.80. The van der Waals surface area contributed by atoms with Crippen molar-refractivity contribution < 1.29 is 4.79 Å². The summed E-state index contributed by atoms with van der Waals surface area (Å²) in [5, 5.41) is 15.7. The highest BCUT2D eigenvalue weighted by Gasteiger charge is 2.37. The molecule has 7 nitrogen and oxygen atoms in total. The predicted octanol–water partition coefficient (Wildman–Crippen LogP) is 4.49. The molecule has 0 spiro atoms. The van der Waals surface area contributed by atoms with Gasteiger partial charge in [0, 0.05) is 45.6 Å². The van der Waals surface area contributed by atoms with Crippen LogP contribution in [0.3, 0.4) is 0 Å². The highest BCUT2D eigenvalue weighted by atomic mass is 32.1. The van der Waals surface area contributed by atoms with Gasteiger partial charge in [0.05, 0.1) is 5.57 Å². The monoisotopic (exact) mass is 464 g/mol. The lowest BCUT2D eigenvalue weighted by Crippen LogP contribution is -2.56. The zero-order chi connectivity index (χ0) is 24.1. The lowest BCUT2D eigenvalue weighted by Gasteiger charge is -2.37. The van der Waals surface area contributed by atoms with Crippen LogP contribution in [0, 0.1) is 11.3 Å². The molecule has 1 saturated heterocycles. The fraction of sp³-hybridized carbons (Fsp3) is 0.320. The molecule has 0 aliphatic carbocycles. The number of hydrogen-bond acceptors (Lipinski definition) is 6. The minimum atomic E-state index is -0.277. The molecular formula is C25H32N6OS. The van der Waals surface area contributed by atoms with Crippen LogP contribution in [0.15, 0.2) is 66.0 Å². The van der Waals surface area contributed by atoms with Crippen molar-refractivity contribution in [1.29, 1.82) is 5.41 Å². The number of nitrogens with one attached hydrogen (secondary N) is 3. The molecule has 2 amide bonds. The van der Waals surface area contributed by atoms with E-state index in [1.54, 1.807) is 7.05 Å². The molecule has 0 radical (unpaired) electrons. The molecule has 1 aliphatic heterocycles. The van der Waals surface area contributed by atoms with Gasteiger partial charge >= 0.3 is 6.03 Å². The van der Waals surface area contributed by atoms with E-state index in [9.17, 15) is 4.79 Å². The van der Waals surface area contributed by atoms with Crippen LogP contribution in [0.4, 0.5) is 16.2 Å². The molecule has 0 unspecified atom stereocenters. The zero-order valence-corrected chi connectivity index (χ0v) is 20.7. The van der Waals surface area contributed by atoms with E-state index < -0.39 is 0 Å². The molecule has 33 heavy (non-hydrogen) atoms. The Morgan fingerprint density at radius 1 is 1.09 bits per heavy atom. The molecule has 0 atom stereocenters. The van der Waals surface area contributed by atoms with Crippen molar-refractivity contribution in [3.63, 3.8) is 0 Å². The first-order chi connectivity index (χ1) is 15.7. The Morgan fingerprint density at radius 2 is 1.73 bits per heavy atom. The summed E-state index contributed by atoms with van der Waals surface area (Å²) in [4.78, 5) is 18.1. The van der Waals surface area contributed by atoms with Gasteiger partial charge in [0.2, 0.25) is 0 Å². The second-order valence-corrected chi connectivity index (χ2v) is 9.04. The van der Waals surface area contributed by atoms with Crippen LogP contribution in [0.5, 0.6) is 0 Å². The van der Waals surface area contributed by atoms with Crippen molar-refractivity contribution in [3.05, 3.63) is 71.6 Å². The SMILES string of the molecule is CC(C)CN1C(=N)/C(=C(\NCc2ccc(N(C)C)cc2)Nc2ccccc2)C(=S)N(C)C1=O. The topological polar surface area (TPSA) is 74.7 Å². The number of carbonyl (C=O) groups is 1. The van der Waals surface area contributed by atoms with Gasteiger partial charge in [-0.1, -0.05) is 56.4 Å². The fourth-order valence-corrected chi connectivity index (χ4v) is 3.77. The zero-order valence-electron chi connectivity index (χ0n) is 19.8. The largest absolute Gasteiger partial charge is 0.378 e. The summed E-state index contributed by atoms with van der Waals surface area (Å²) in [7, 11) is 5.68. The lowest BCUT2D eigenvalue weighted by molar-refractivity contribution is 0.198. The van der Waals surface area contributed by atoms with E-state index in [4.69, 9.17) is 17.6 Å². The Bertz CT molecular complexity index is 1050. The molecule has 3 N–H and O–H groups in total. The highest BCUT2D eigenvalue weighted by Crippen LogP contribution is 2.23. The van der Waals surface area contributed by atoms with Gasteiger partial charge in [0.15, 0.2) is 0 Å². The first kappa shape index (κ1) is 24.3. The molecule has 2 aromatic carbocycles. The Labute approximate surface area is 201 Å². The number of hydrogen-bond donors (Lipinski definition) is 3. The molecule has 174 valence electrons. The molecule has 1 heterocycles. The third-order valence-corrected chi connectivity index (χ3v) is 5.78. The van der Waals surface area contributed by atoms with Gasteiger partial charge in [-0.25, -0.2) is 4.79 Å². The molecule has 2 aromatic rings. The quantitative estimate of drug-likeness (QED) is 0.396. The Balaban J connectivity index is 1.97.